The Hall–Kier alpha value is -2.57. The molecular weight excluding hydrogens is 312 g/mol. The lowest BCUT2D eigenvalue weighted by atomic mass is 10.0. The number of imide groups is 1. The normalized spacial score (nSPS) is 10.2. The van der Waals surface area contributed by atoms with Crippen LogP contribution in [0.3, 0.4) is 0 Å². The maximum atomic E-state index is 11.6. The van der Waals surface area contributed by atoms with Gasteiger partial charge in [0.2, 0.25) is 0 Å². The summed E-state index contributed by atoms with van der Waals surface area (Å²) in [5.74, 6) is -0.439. The largest absolute Gasteiger partial charge is 0.482 e. The van der Waals surface area contributed by atoms with Gasteiger partial charge in [-0.05, 0) is 37.0 Å². The predicted molar refractivity (Wildman–Crippen MR) is 88.9 cm³/mol. The highest BCUT2D eigenvalue weighted by atomic mass is 16.6. The van der Waals surface area contributed by atoms with Crippen molar-refractivity contribution in [3.05, 3.63) is 29.3 Å². The average Bonchev–Trinajstić information content (AvgIpc) is 2.52. The first-order chi connectivity index (χ1) is 11.3. The number of benzene rings is 1. The number of amides is 3. The summed E-state index contributed by atoms with van der Waals surface area (Å²) in [5.41, 5.74) is 2.01. The Bertz CT molecular complexity index is 599. The minimum absolute atomic E-state index is 0.309. The zero-order valence-corrected chi connectivity index (χ0v) is 14.5. The first kappa shape index (κ1) is 19.5. The van der Waals surface area contributed by atoms with Crippen molar-refractivity contribution in [1.29, 1.82) is 0 Å². The molecule has 7 nitrogen and oxygen atoms in total. The molecule has 1 aromatic carbocycles. The Morgan fingerprint density at radius 2 is 1.88 bits per heavy atom. The molecule has 3 amide bonds. The van der Waals surface area contributed by atoms with Gasteiger partial charge in [0.05, 0.1) is 0 Å². The molecule has 0 radical (unpaired) electrons. The van der Waals surface area contributed by atoms with E-state index in [0.29, 0.717) is 18.2 Å². The third-order valence-electron chi connectivity index (χ3n) is 3.18. The zero-order chi connectivity index (χ0) is 18.1. The number of esters is 1. The number of rotatable bonds is 7. The van der Waals surface area contributed by atoms with Crippen LogP contribution in [0.4, 0.5) is 4.79 Å². The molecule has 1 aromatic rings. The molecule has 24 heavy (non-hydrogen) atoms. The van der Waals surface area contributed by atoms with Crippen LogP contribution in [-0.4, -0.2) is 37.7 Å². The Kier molecular flexibility index (Phi) is 7.74. The van der Waals surface area contributed by atoms with E-state index < -0.39 is 24.5 Å². The van der Waals surface area contributed by atoms with Crippen LogP contribution >= 0.6 is 0 Å². The van der Waals surface area contributed by atoms with Gasteiger partial charge in [0.25, 0.3) is 5.91 Å². The molecule has 0 aliphatic heterocycles. The molecule has 132 valence electrons. The topological polar surface area (TPSA) is 93.7 Å². The lowest BCUT2D eigenvalue weighted by Gasteiger charge is -2.12. The molecule has 7 heteroatoms. The van der Waals surface area contributed by atoms with E-state index >= 15 is 0 Å². The first-order valence-corrected chi connectivity index (χ1v) is 7.80. The van der Waals surface area contributed by atoms with Gasteiger partial charge in [-0.25, -0.2) is 9.59 Å². The van der Waals surface area contributed by atoms with Gasteiger partial charge in [-0.3, -0.25) is 10.1 Å². The number of hydrogen-bond acceptors (Lipinski definition) is 5. The average molecular weight is 336 g/mol. The Morgan fingerprint density at radius 3 is 2.50 bits per heavy atom. The van der Waals surface area contributed by atoms with Crippen molar-refractivity contribution in [2.24, 2.45) is 0 Å². The van der Waals surface area contributed by atoms with E-state index in [9.17, 15) is 14.4 Å². The molecule has 0 aliphatic rings. The maximum absolute atomic E-state index is 11.6. The van der Waals surface area contributed by atoms with E-state index in [4.69, 9.17) is 9.47 Å². The zero-order valence-electron chi connectivity index (χ0n) is 14.5. The number of ether oxygens (including phenoxy) is 2. The van der Waals surface area contributed by atoms with Crippen LogP contribution in [0.2, 0.25) is 0 Å². The van der Waals surface area contributed by atoms with Crippen molar-refractivity contribution in [2.45, 2.75) is 33.6 Å². The Labute approximate surface area is 141 Å². The fourth-order valence-electron chi connectivity index (χ4n) is 1.82. The van der Waals surface area contributed by atoms with Crippen LogP contribution in [0.5, 0.6) is 5.75 Å². The molecule has 1 rings (SSSR count). The predicted octanol–water partition coefficient (Wildman–Crippen LogP) is 1.89. The molecule has 0 heterocycles. The number of carbonyl (C=O) groups is 3. The molecule has 0 fully saturated rings. The van der Waals surface area contributed by atoms with Gasteiger partial charge in [0.1, 0.15) is 5.75 Å². The third-order valence-corrected chi connectivity index (χ3v) is 3.18. The summed E-state index contributed by atoms with van der Waals surface area (Å²) in [6.45, 7) is 7.27. The molecule has 0 bridgehead atoms. The van der Waals surface area contributed by atoms with Crippen molar-refractivity contribution >= 4 is 17.9 Å². The molecule has 0 aromatic heterocycles. The van der Waals surface area contributed by atoms with Crippen LogP contribution in [0.15, 0.2) is 18.2 Å². The highest BCUT2D eigenvalue weighted by molar-refractivity contribution is 5.95. The van der Waals surface area contributed by atoms with E-state index in [0.717, 1.165) is 11.1 Å². The van der Waals surface area contributed by atoms with E-state index in [1.807, 2.05) is 30.4 Å². The molecule has 0 saturated carbocycles. The van der Waals surface area contributed by atoms with E-state index in [1.54, 1.807) is 6.92 Å². The lowest BCUT2D eigenvalue weighted by Crippen LogP contribution is -2.41. The second kappa shape index (κ2) is 9.54. The van der Waals surface area contributed by atoms with Gasteiger partial charge >= 0.3 is 12.0 Å². The third kappa shape index (κ3) is 6.68. The highest BCUT2D eigenvalue weighted by Crippen LogP contribution is 2.24. The smallest absolute Gasteiger partial charge is 0.344 e. The maximum Gasteiger partial charge on any atom is 0.344 e. The van der Waals surface area contributed by atoms with E-state index in [1.165, 1.54) is 0 Å². The summed E-state index contributed by atoms with van der Waals surface area (Å²) in [6.07, 6.45) is 0. The SMILES string of the molecule is CCNC(=O)NC(=O)COC(=O)COc1cc(C(C)C)ccc1C. The van der Waals surface area contributed by atoms with Gasteiger partial charge < -0.3 is 14.8 Å². The first-order valence-electron chi connectivity index (χ1n) is 7.80. The van der Waals surface area contributed by atoms with Gasteiger partial charge in [0, 0.05) is 6.54 Å². The van der Waals surface area contributed by atoms with Crippen molar-refractivity contribution in [1.82, 2.24) is 10.6 Å². The van der Waals surface area contributed by atoms with Gasteiger partial charge in [-0.2, -0.15) is 0 Å². The van der Waals surface area contributed by atoms with Crippen LogP contribution < -0.4 is 15.4 Å². The van der Waals surface area contributed by atoms with Gasteiger partial charge in [-0.1, -0.05) is 26.0 Å². The summed E-state index contributed by atoms with van der Waals surface area (Å²) in [6, 6.07) is 5.19. The second-order valence-corrected chi connectivity index (χ2v) is 5.54. The number of hydrogen-bond donors (Lipinski definition) is 2. The van der Waals surface area contributed by atoms with Crippen LogP contribution in [0.25, 0.3) is 0 Å². The highest BCUT2D eigenvalue weighted by Gasteiger charge is 2.12. The minimum Gasteiger partial charge on any atom is -0.482 e. The number of aryl methyl sites for hydroxylation is 1. The summed E-state index contributed by atoms with van der Waals surface area (Å²) in [4.78, 5) is 34.2. The van der Waals surface area contributed by atoms with Crippen LogP contribution in [0, 0.1) is 6.92 Å². The number of urea groups is 1. The lowest BCUT2D eigenvalue weighted by molar-refractivity contribution is -0.150. The summed E-state index contributed by atoms with van der Waals surface area (Å²) >= 11 is 0. The Balaban J connectivity index is 2.43. The van der Waals surface area contributed by atoms with Crippen molar-refractivity contribution in [3.63, 3.8) is 0 Å². The molecular formula is C17H24N2O5. The molecule has 0 saturated heterocycles. The van der Waals surface area contributed by atoms with E-state index in [2.05, 4.69) is 19.2 Å². The number of carbonyl (C=O) groups excluding carboxylic acids is 3. The summed E-state index contributed by atoms with van der Waals surface area (Å²) in [7, 11) is 0. The standard InChI is InChI=1S/C17H24N2O5/c1-5-18-17(22)19-15(20)9-24-16(21)10-23-14-8-13(11(2)3)7-6-12(14)4/h6-8,11H,5,9-10H2,1-4H3,(H2,18,19,20,22). The monoisotopic (exact) mass is 336 g/mol. The van der Waals surface area contributed by atoms with Gasteiger partial charge in [0.15, 0.2) is 13.2 Å². The summed E-state index contributed by atoms with van der Waals surface area (Å²) in [5, 5.41) is 4.43. The molecule has 0 unspecified atom stereocenters. The summed E-state index contributed by atoms with van der Waals surface area (Å²) < 4.78 is 10.2. The fourth-order valence-corrected chi connectivity index (χ4v) is 1.82. The van der Waals surface area contributed by atoms with Crippen LogP contribution in [-0.2, 0) is 14.3 Å². The van der Waals surface area contributed by atoms with Gasteiger partial charge in [-0.15, -0.1) is 0 Å². The van der Waals surface area contributed by atoms with Crippen LogP contribution in [0.1, 0.15) is 37.8 Å². The molecule has 2 N–H and O–H groups in total. The fraction of sp³-hybridized carbons (Fsp3) is 0.471. The van der Waals surface area contributed by atoms with Crippen molar-refractivity contribution < 1.29 is 23.9 Å². The molecule has 0 atom stereocenters. The van der Waals surface area contributed by atoms with Crippen molar-refractivity contribution in [2.75, 3.05) is 19.8 Å². The second-order valence-electron chi connectivity index (χ2n) is 5.54. The van der Waals surface area contributed by atoms with E-state index in [-0.39, 0.29) is 6.61 Å². The minimum atomic E-state index is -0.702. The molecule has 0 spiro atoms. The van der Waals surface area contributed by atoms with Crippen molar-refractivity contribution in [3.8, 4) is 5.75 Å². The Morgan fingerprint density at radius 1 is 1.17 bits per heavy atom. The number of nitrogens with one attached hydrogen (secondary N) is 2. The molecule has 0 aliphatic carbocycles. The quantitative estimate of drug-likeness (QED) is 0.742.